The third-order valence-electron chi connectivity index (χ3n) is 2.71. The Hall–Kier alpha value is -2.07. The summed E-state index contributed by atoms with van der Waals surface area (Å²) < 4.78 is 25.0. The van der Waals surface area contributed by atoms with Crippen molar-refractivity contribution >= 4 is 39.1 Å². The molecule has 0 atom stereocenters. The highest BCUT2D eigenvalue weighted by molar-refractivity contribution is 7.95. The van der Waals surface area contributed by atoms with Crippen LogP contribution in [0.25, 0.3) is 6.08 Å². The molecule has 8 heteroatoms. The topological polar surface area (TPSA) is 84.9 Å². The van der Waals surface area contributed by atoms with Gasteiger partial charge >= 0.3 is 5.03 Å². The minimum Gasteiger partial charge on any atom is -0.618 e. The minimum absolute atomic E-state index is 0.185. The van der Waals surface area contributed by atoms with Gasteiger partial charge in [0, 0.05) is 22.2 Å². The normalized spacial score (nSPS) is 12.0. The van der Waals surface area contributed by atoms with E-state index in [-0.39, 0.29) is 9.75 Å². The number of hydrogen-bond donors (Lipinski definition) is 0. The molecule has 0 fully saturated rings. The molecule has 1 aromatic carbocycles. The van der Waals surface area contributed by atoms with Gasteiger partial charge in [0.1, 0.15) is 6.07 Å². The lowest BCUT2D eigenvalue weighted by molar-refractivity contribution is -0.646. The first-order chi connectivity index (χ1) is 10.4. The van der Waals surface area contributed by atoms with E-state index < -0.39 is 19.8 Å². The first-order valence-electron chi connectivity index (χ1n) is 5.86. The van der Waals surface area contributed by atoms with Crippen molar-refractivity contribution in [1.82, 2.24) is 0 Å². The summed E-state index contributed by atoms with van der Waals surface area (Å²) in [7, 11) is -4.25. The molecule has 0 aliphatic rings. The van der Waals surface area contributed by atoms with Crippen molar-refractivity contribution in [3.8, 4) is 6.07 Å². The van der Waals surface area contributed by atoms with E-state index in [4.69, 9.17) is 28.5 Å². The van der Waals surface area contributed by atoms with E-state index in [0.29, 0.717) is 10.6 Å². The first kappa shape index (κ1) is 16.3. The maximum atomic E-state index is 12.4. The molecule has 0 aliphatic carbocycles. The third-order valence-corrected chi connectivity index (χ3v) is 4.93. The molecule has 0 saturated heterocycles. The van der Waals surface area contributed by atoms with Gasteiger partial charge in [-0.05, 0) is 29.8 Å². The number of allylic oxidation sites excluding steroid dienone is 1. The zero-order valence-corrected chi connectivity index (χ0v) is 13.2. The molecule has 0 saturated carbocycles. The maximum absolute atomic E-state index is 12.4. The van der Waals surface area contributed by atoms with Gasteiger partial charge in [-0.15, -0.1) is 0 Å². The summed E-state index contributed by atoms with van der Waals surface area (Å²) in [5.41, 5.74) is 0.305. The van der Waals surface area contributed by atoms with Crippen molar-refractivity contribution in [2.75, 3.05) is 0 Å². The van der Waals surface area contributed by atoms with Crippen LogP contribution in [0.15, 0.2) is 52.5 Å². The average Bonchev–Trinajstić information content (AvgIpc) is 2.46. The highest BCUT2D eigenvalue weighted by Crippen LogP contribution is 2.25. The monoisotopic (exact) mass is 354 g/mol. The van der Waals surface area contributed by atoms with Crippen LogP contribution in [0.4, 0.5) is 0 Å². The van der Waals surface area contributed by atoms with Gasteiger partial charge in [-0.1, -0.05) is 29.3 Å². The number of benzene rings is 1. The van der Waals surface area contributed by atoms with E-state index in [0.717, 1.165) is 18.3 Å². The quantitative estimate of drug-likeness (QED) is 0.481. The molecular weight excluding hydrogens is 347 g/mol. The molecular formula is C14H8Cl2N2O3S. The molecule has 1 aromatic heterocycles. The Labute approximate surface area is 137 Å². The third kappa shape index (κ3) is 3.22. The SMILES string of the molecule is N#C/C(=C/c1ccc(Cl)cc1Cl)S(=O)(=O)c1cccc[n+]1[O-]. The zero-order valence-electron chi connectivity index (χ0n) is 10.9. The predicted molar refractivity (Wildman–Crippen MR) is 82.6 cm³/mol. The summed E-state index contributed by atoms with van der Waals surface area (Å²) in [6, 6.07) is 9.91. The fourth-order valence-electron chi connectivity index (χ4n) is 1.66. The summed E-state index contributed by atoms with van der Waals surface area (Å²) >= 11 is 11.7. The second-order valence-corrected chi connectivity index (χ2v) is 6.86. The molecule has 0 bridgehead atoms. The highest BCUT2D eigenvalue weighted by Gasteiger charge is 2.28. The Morgan fingerprint density at radius 1 is 1.27 bits per heavy atom. The molecule has 0 radical (unpaired) electrons. The van der Waals surface area contributed by atoms with Gasteiger partial charge < -0.3 is 5.21 Å². The number of hydrogen-bond acceptors (Lipinski definition) is 4. The van der Waals surface area contributed by atoms with Crippen LogP contribution in [0.3, 0.4) is 0 Å². The maximum Gasteiger partial charge on any atom is 0.314 e. The molecule has 0 unspecified atom stereocenters. The van der Waals surface area contributed by atoms with E-state index in [9.17, 15) is 13.6 Å². The van der Waals surface area contributed by atoms with E-state index >= 15 is 0 Å². The van der Waals surface area contributed by atoms with Crippen LogP contribution < -0.4 is 4.73 Å². The van der Waals surface area contributed by atoms with Gasteiger partial charge in [0.05, 0.1) is 0 Å². The first-order valence-corrected chi connectivity index (χ1v) is 8.10. The smallest absolute Gasteiger partial charge is 0.314 e. The van der Waals surface area contributed by atoms with E-state index in [2.05, 4.69) is 0 Å². The van der Waals surface area contributed by atoms with Gasteiger partial charge in [-0.3, -0.25) is 0 Å². The molecule has 2 aromatic rings. The molecule has 1 heterocycles. The fraction of sp³-hybridized carbons (Fsp3) is 0. The molecule has 22 heavy (non-hydrogen) atoms. The van der Waals surface area contributed by atoms with Crippen LogP contribution in [0.1, 0.15) is 5.56 Å². The number of pyridine rings is 1. The van der Waals surface area contributed by atoms with Crippen molar-refractivity contribution in [2.45, 2.75) is 5.03 Å². The van der Waals surface area contributed by atoms with Crippen molar-refractivity contribution in [1.29, 1.82) is 5.26 Å². The number of aromatic nitrogens is 1. The van der Waals surface area contributed by atoms with Gasteiger partial charge in [-0.2, -0.15) is 9.99 Å². The van der Waals surface area contributed by atoms with Crippen LogP contribution in [0, 0.1) is 16.5 Å². The van der Waals surface area contributed by atoms with Crippen molar-refractivity contribution in [3.63, 3.8) is 0 Å². The standard InChI is InChI=1S/C14H8Cl2N2O3S/c15-11-5-4-10(13(16)8-11)7-12(9-17)22(20,21)14-3-1-2-6-18(14)19/h1-8H/b12-7-. The fourth-order valence-corrected chi connectivity index (χ4v) is 3.31. The van der Waals surface area contributed by atoms with Crippen molar-refractivity contribution in [3.05, 3.63) is 68.3 Å². The second kappa shape index (κ2) is 6.36. The molecule has 112 valence electrons. The van der Waals surface area contributed by atoms with Crippen molar-refractivity contribution in [2.24, 2.45) is 0 Å². The number of rotatable bonds is 3. The Kier molecular flexibility index (Phi) is 4.71. The Morgan fingerprint density at radius 2 is 2.00 bits per heavy atom. The van der Waals surface area contributed by atoms with E-state index in [1.807, 2.05) is 0 Å². The van der Waals surface area contributed by atoms with Gasteiger partial charge in [0.15, 0.2) is 11.1 Å². The lowest BCUT2D eigenvalue weighted by Gasteiger charge is -2.05. The summed E-state index contributed by atoms with van der Waals surface area (Å²) in [6.07, 6.45) is 2.14. The minimum atomic E-state index is -4.25. The number of nitrogens with zero attached hydrogens (tertiary/aromatic N) is 2. The van der Waals surface area contributed by atoms with Crippen LogP contribution in [-0.2, 0) is 9.84 Å². The Bertz CT molecular complexity index is 903. The largest absolute Gasteiger partial charge is 0.618 e. The molecule has 2 rings (SSSR count). The highest BCUT2D eigenvalue weighted by atomic mass is 35.5. The second-order valence-electron chi connectivity index (χ2n) is 4.15. The molecule has 5 nitrogen and oxygen atoms in total. The lowest BCUT2D eigenvalue weighted by Crippen LogP contribution is -2.33. The average molecular weight is 355 g/mol. The summed E-state index contributed by atoms with van der Waals surface area (Å²) in [6.45, 7) is 0. The predicted octanol–water partition coefficient (Wildman–Crippen LogP) is 2.97. The number of sulfone groups is 1. The van der Waals surface area contributed by atoms with Crippen LogP contribution in [-0.4, -0.2) is 8.42 Å². The molecule has 0 N–H and O–H groups in total. The van der Waals surface area contributed by atoms with E-state index in [1.54, 1.807) is 6.07 Å². The zero-order chi connectivity index (χ0) is 16.3. The van der Waals surface area contributed by atoms with Crippen molar-refractivity contribution < 1.29 is 13.1 Å². The Morgan fingerprint density at radius 3 is 2.59 bits per heavy atom. The van der Waals surface area contributed by atoms with Crippen LogP contribution in [0.5, 0.6) is 0 Å². The number of nitriles is 1. The van der Waals surface area contributed by atoms with Gasteiger partial charge in [0.2, 0.25) is 0 Å². The molecule has 0 amide bonds. The Balaban J connectivity index is 2.59. The van der Waals surface area contributed by atoms with Crippen LogP contribution in [0.2, 0.25) is 10.0 Å². The molecule has 0 aliphatic heterocycles. The van der Waals surface area contributed by atoms with Crippen LogP contribution >= 0.6 is 23.2 Å². The summed E-state index contributed by atoms with van der Waals surface area (Å²) in [4.78, 5) is -0.590. The molecule has 0 spiro atoms. The lowest BCUT2D eigenvalue weighted by atomic mass is 10.2. The van der Waals surface area contributed by atoms with E-state index in [1.165, 1.54) is 30.3 Å². The van der Waals surface area contributed by atoms with Gasteiger partial charge in [0.25, 0.3) is 9.84 Å². The summed E-state index contributed by atoms with van der Waals surface area (Å²) in [5.74, 6) is 0. The number of halogens is 2. The van der Waals surface area contributed by atoms with Gasteiger partial charge in [-0.25, -0.2) is 8.42 Å². The summed E-state index contributed by atoms with van der Waals surface area (Å²) in [5, 5.41) is 20.8.